The molecule has 7 heteroatoms. The summed E-state index contributed by atoms with van der Waals surface area (Å²) in [6.07, 6.45) is 8.35. The molecule has 2 fully saturated rings. The monoisotopic (exact) mass is 348 g/mol. The number of nitrogens with zero attached hydrogens (tertiary/aromatic N) is 4. The van der Waals surface area contributed by atoms with E-state index < -0.39 is 0 Å². The predicted octanol–water partition coefficient (Wildman–Crippen LogP) is 1.29. The first-order valence-electron chi connectivity index (χ1n) is 9.36. The van der Waals surface area contributed by atoms with Crippen molar-refractivity contribution in [2.24, 2.45) is 0 Å². The van der Waals surface area contributed by atoms with Crippen LogP contribution in [0.15, 0.2) is 18.5 Å². The summed E-state index contributed by atoms with van der Waals surface area (Å²) in [4.78, 5) is 28.5. The van der Waals surface area contributed by atoms with Gasteiger partial charge in [0.1, 0.15) is 0 Å². The van der Waals surface area contributed by atoms with Crippen molar-refractivity contribution >= 4 is 11.8 Å². The van der Waals surface area contributed by atoms with Crippen LogP contribution in [-0.2, 0) is 20.9 Å². The Labute approximate surface area is 148 Å². The van der Waals surface area contributed by atoms with Gasteiger partial charge in [0.25, 0.3) is 0 Å². The van der Waals surface area contributed by atoms with Gasteiger partial charge in [-0.1, -0.05) is 0 Å². The first kappa shape index (κ1) is 17.9. The van der Waals surface area contributed by atoms with E-state index >= 15 is 0 Å². The van der Waals surface area contributed by atoms with Gasteiger partial charge in [0.15, 0.2) is 0 Å². The van der Waals surface area contributed by atoms with Crippen molar-refractivity contribution < 1.29 is 14.3 Å². The molecule has 0 aromatic carbocycles. The molecule has 0 spiro atoms. The number of hydrogen-bond acceptors (Lipinski definition) is 4. The Bertz CT molecular complexity index is 555. The molecule has 1 aromatic heterocycles. The third kappa shape index (κ3) is 5.04. The van der Waals surface area contributed by atoms with Crippen LogP contribution in [0.25, 0.3) is 0 Å². The molecule has 0 atom stereocenters. The molecule has 0 bridgehead atoms. The highest BCUT2D eigenvalue weighted by Crippen LogP contribution is 2.17. The van der Waals surface area contributed by atoms with E-state index in [1.54, 1.807) is 10.9 Å². The molecule has 25 heavy (non-hydrogen) atoms. The van der Waals surface area contributed by atoms with Gasteiger partial charge in [0.2, 0.25) is 11.8 Å². The average Bonchev–Trinajstić information content (AvgIpc) is 3.29. The van der Waals surface area contributed by atoms with Crippen molar-refractivity contribution in [2.45, 2.75) is 51.1 Å². The Morgan fingerprint density at radius 1 is 1.32 bits per heavy atom. The van der Waals surface area contributed by atoms with Crippen LogP contribution in [0.4, 0.5) is 0 Å². The van der Waals surface area contributed by atoms with Gasteiger partial charge >= 0.3 is 0 Å². The van der Waals surface area contributed by atoms with E-state index in [1.165, 1.54) is 0 Å². The van der Waals surface area contributed by atoms with Crippen LogP contribution in [-0.4, -0.2) is 70.3 Å². The van der Waals surface area contributed by atoms with Crippen LogP contribution in [0.2, 0.25) is 0 Å². The summed E-state index contributed by atoms with van der Waals surface area (Å²) < 4.78 is 7.24. The lowest BCUT2D eigenvalue weighted by atomic mass is 10.1. The summed E-state index contributed by atoms with van der Waals surface area (Å²) in [5, 5.41) is 4.16. The fraction of sp³-hybridized carbons (Fsp3) is 0.722. The summed E-state index contributed by atoms with van der Waals surface area (Å²) in [7, 11) is 0. The number of aryl methyl sites for hydroxylation is 1. The fourth-order valence-electron chi connectivity index (χ4n) is 3.67. The second-order valence-electron chi connectivity index (χ2n) is 6.79. The van der Waals surface area contributed by atoms with E-state index in [2.05, 4.69) is 5.10 Å². The number of carbonyl (C=O) groups excluding carboxylic acids is 2. The maximum Gasteiger partial charge on any atom is 0.224 e. The Hall–Kier alpha value is -1.89. The second-order valence-corrected chi connectivity index (χ2v) is 6.79. The molecule has 0 unspecified atom stereocenters. The number of amides is 2. The highest BCUT2D eigenvalue weighted by atomic mass is 16.5. The maximum absolute atomic E-state index is 12.8. The molecule has 0 radical (unpaired) electrons. The van der Waals surface area contributed by atoms with Gasteiger partial charge in [0, 0.05) is 70.7 Å². The minimum atomic E-state index is 0.176. The average molecular weight is 348 g/mol. The van der Waals surface area contributed by atoms with E-state index in [1.807, 2.05) is 22.1 Å². The number of hydrogen-bond donors (Lipinski definition) is 0. The quantitative estimate of drug-likeness (QED) is 0.710. The number of aromatic nitrogens is 2. The van der Waals surface area contributed by atoms with Crippen LogP contribution in [0.1, 0.15) is 38.5 Å². The lowest BCUT2D eigenvalue weighted by Gasteiger charge is -2.35. The van der Waals surface area contributed by atoms with Gasteiger partial charge in [-0.15, -0.1) is 0 Å². The third-order valence-electron chi connectivity index (χ3n) is 5.06. The summed E-state index contributed by atoms with van der Waals surface area (Å²) in [6, 6.07) is 2.13. The van der Waals surface area contributed by atoms with Crippen LogP contribution in [0.3, 0.4) is 0 Å². The van der Waals surface area contributed by atoms with Crippen molar-refractivity contribution in [2.75, 3.05) is 32.8 Å². The SMILES string of the molecule is O=C1CCCN1CCCN(C(=O)CCn1cccn1)C1CCOCC1. The molecule has 3 heterocycles. The van der Waals surface area contributed by atoms with E-state index in [4.69, 9.17) is 4.74 Å². The van der Waals surface area contributed by atoms with Crippen molar-refractivity contribution in [3.8, 4) is 0 Å². The van der Waals surface area contributed by atoms with Crippen LogP contribution < -0.4 is 0 Å². The van der Waals surface area contributed by atoms with Gasteiger partial charge in [0.05, 0.1) is 0 Å². The maximum atomic E-state index is 12.8. The molecule has 0 aliphatic carbocycles. The number of rotatable bonds is 8. The Balaban J connectivity index is 1.52. The van der Waals surface area contributed by atoms with Gasteiger partial charge in [-0.3, -0.25) is 14.3 Å². The lowest BCUT2D eigenvalue weighted by Crippen LogP contribution is -2.45. The number of likely N-dealkylation sites (tertiary alicyclic amines) is 1. The van der Waals surface area contributed by atoms with E-state index in [-0.39, 0.29) is 17.9 Å². The normalized spacial score (nSPS) is 18.7. The standard InChI is InChI=1S/C18H28N4O3/c23-17-4-1-9-20(17)10-3-12-22(16-6-14-25-15-7-16)18(24)5-13-21-11-2-8-19-21/h2,8,11,16H,1,3-7,9-10,12-15H2. The minimum Gasteiger partial charge on any atom is -0.381 e. The molecule has 2 aliphatic heterocycles. The molecule has 2 amide bonds. The van der Waals surface area contributed by atoms with E-state index in [0.717, 1.165) is 52.0 Å². The summed E-state index contributed by atoms with van der Waals surface area (Å²) >= 11 is 0. The summed E-state index contributed by atoms with van der Waals surface area (Å²) in [6.45, 7) is 4.38. The minimum absolute atomic E-state index is 0.176. The van der Waals surface area contributed by atoms with Crippen molar-refractivity contribution in [1.29, 1.82) is 0 Å². The summed E-state index contributed by atoms with van der Waals surface area (Å²) in [5.74, 6) is 0.428. The van der Waals surface area contributed by atoms with Crippen LogP contribution in [0, 0.1) is 0 Å². The molecule has 0 saturated carbocycles. The van der Waals surface area contributed by atoms with Crippen molar-refractivity contribution in [1.82, 2.24) is 19.6 Å². The topological polar surface area (TPSA) is 67.7 Å². The van der Waals surface area contributed by atoms with Crippen LogP contribution >= 0.6 is 0 Å². The highest BCUT2D eigenvalue weighted by molar-refractivity contribution is 5.78. The number of ether oxygens (including phenoxy) is 1. The zero-order valence-corrected chi connectivity index (χ0v) is 14.8. The largest absolute Gasteiger partial charge is 0.381 e. The molecular weight excluding hydrogens is 320 g/mol. The third-order valence-corrected chi connectivity index (χ3v) is 5.06. The van der Waals surface area contributed by atoms with Crippen LogP contribution in [0.5, 0.6) is 0 Å². The molecule has 1 aromatic rings. The highest BCUT2D eigenvalue weighted by Gasteiger charge is 2.26. The molecule has 2 aliphatic rings. The van der Waals surface area contributed by atoms with Gasteiger partial charge < -0.3 is 14.5 Å². The molecule has 2 saturated heterocycles. The Kier molecular flexibility index (Phi) is 6.44. The van der Waals surface area contributed by atoms with Gasteiger partial charge in [-0.25, -0.2) is 0 Å². The first-order chi connectivity index (χ1) is 12.2. The molecular formula is C18H28N4O3. The molecule has 7 nitrogen and oxygen atoms in total. The summed E-state index contributed by atoms with van der Waals surface area (Å²) in [5.41, 5.74) is 0. The van der Waals surface area contributed by atoms with Gasteiger partial charge in [-0.05, 0) is 31.7 Å². The van der Waals surface area contributed by atoms with Crippen molar-refractivity contribution in [3.63, 3.8) is 0 Å². The van der Waals surface area contributed by atoms with E-state index in [9.17, 15) is 9.59 Å². The molecule has 138 valence electrons. The smallest absolute Gasteiger partial charge is 0.224 e. The zero-order chi connectivity index (χ0) is 17.5. The molecule has 3 rings (SSSR count). The predicted molar refractivity (Wildman–Crippen MR) is 92.8 cm³/mol. The zero-order valence-electron chi connectivity index (χ0n) is 14.8. The lowest BCUT2D eigenvalue weighted by molar-refractivity contribution is -0.135. The van der Waals surface area contributed by atoms with E-state index in [0.29, 0.717) is 25.9 Å². The Morgan fingerprint density at radius 2 is 2.16 bits per heavy atom. The van der Waals surface area contributed by atoms with Crippen molar-refractivity contribution in [3.05, 3.63) is 18.5 Å². The molecule has 0 N–H and O–H groups in total. The second kappa shape index (κ2) is 8.99. The Morgan fingerprint density at radius 3 is 2.84 bits per heavy atom. The fourth-order valence-corrected chi connectivity index (χ4v) is 3.67. The van der Waals surface area contributed by atoms with Gasteiger partial charge in [-0.2, -0.15) is 5.10 Å². The number of carbonyl (C=O) groups is 2. The first-order valence-corrected chi connectivity index (χ1v) is 9.36.